The first-order valence-electron chi connectivity index (χ1n) is 7.37. The zero-order valence-corrected chi connectivity index (χ0v) is 13.1. The molecule has 2 bridgehead atoms. The van der Waals surface area contributed by atoms with Crippen LogP contribution in [0.15, 0.2) is 24.3 Å². The average Bonchev–Trinajstić information content (AvgIpc) is 2.72. The summed E-state index contributed by atoms with van der Waals surface area (Å²) in [5, 5.41) is 8.32. The first kappa shape index (κ1) is 16.8. The summed E-state index contributed by atoms with van der Waals surface area (Å²) >= 11 is 0. The van der Waals surface area contributed by atoms with E-state index in [1.54, 1.807) is 12.1 Å². The molecule has 1 aliphatic carbocycles. The van der Waals surface area contributed by atoms with E-state index in [-0.39, 0.29) is 18.5 Å². The molecule has 2 heterocycles. The average molecular weight is 327 g/mol. The van der Waals surface area contributed by atoms with Crippen molar-refractivity contribution in [3.8, 4) is 0 Å². The molecule has 1 fully saturated rings. The van der Waals surface area contributed by atoms with E-state index in [9.17, 15) is 13.2 Å². The molecule has 0 atom stereocenters. The molecule has 1 saturated carbocycles. The summed E-state index contributed by atoms with van der Waals surface area (Å²) in [6.07, 6.45) is 5.92. The van der Waals surface area contributed by atoms with Gasteiger partial charge in [-0.25, -0.2) is 13.2 Å². The van der Waals surface area contributed by atoms with Gasteiger partial charge in [0.1, 0.15) is 6.61 Å². The zero-order valence-electron chi connectivity index (χ0n) is 12.3. The summed E-state index contributed by atoms with van der Waals surface area (Å²) in [6.45, 7) is -0.134. The van der Waals surface area contributed by atoms with Crippen LogP contribution < -0.4 is 4.72 Å². The number of carboxylic acids is 1. The number of hydrogen-bond acceptors (Lipinski definition) is 4. The minimum Gasteiger partial charge on any atom is -0.480 e. The number of carbonyl (C=O) groups is 1. The van der Waals surface area contributed by atoms with Gasteiger partial charge < -0.3 is 9.84 Å². The van der Waals surface area contributed by atoms with Gasteiger partial charge in [0.25, 0.3) is 0 Å². The highest BCUT2D eigenvalue weighted by Crippen LogP contribution is 2.20. The first-order chi connectivity index (χ1) is 10.4. The molecule has 6 nitrogen and oxygen atoms in total. The van der Waals surface area contributed by atoms with Crippen LogP contribution in [0.5, 0.6) is 0 Å². The standard InChI is InChI=1S/C8H14O3.C7H7NO2S/c9-8(10)6-11-7-4-2-1-3-5-7;9-11(10)5-6-1-3-7(8-11)4-2-6/h7H,1-6H2,(H,9,10);1-4,8H,5H2. The Morgan fingerprint density at radius 1 is 1.18 bits per heavy atom. The molecule has 4 rings (SSSR count). The summed E-state index contributed by atoms with van der Waals surface area (Å²) in [4.78, 5) is 10.1. The largest absolute Gasteiger partial charge is 0.480 e. The Kier molecular flexibility index (Phi) is 5.79. The van der Waals surface area contributed by atoms with Gasteiger partial charge in [0.15, 0.2) is 0 Å². The normalized spacial score (nSPS) is 19.5. The number of ether oxygens (including phenoxy) is 1. The van der Waals surface area contributed by atoms with Crippen LogP contribution >= 0.6 is 0 Å². The molecule has 0 spiro atoms. The van der Waals surface area contributed by atoms with Crippen molar-refractivity contribution in [3.05, 3.63) is 29.8 Å². The van der Waals surface area contributed by atoms with Gasteiger partial charge >= 0.3 is 5.97 Å². The number of nitrogens with one attached hydrogen (secondary N) is 1. The van der Waals surface area contributed by atoms with Crippen molar-refractivity contribution >= 4 is 21.7 Å². The number of aliphatic carboxylic acids is 1. The molecule has 3 aliphatic rings. The molecule has 122 valence electrons. The van der Waals surface area contributed by atoms with Crippen molar-refractivity contribution < 1.29 is 23.1 Å². The Bertz CT molecular complexity index is 560. The van der Waals surface area contributed by atoms with Crippen LogP contribution in [0.1, 0.15) is 37.7 Å². The van der Waals surface area contributed by atoms with Crippen molar-refractivity contribution in [3.63, 3.8) is 0 Å². The number of fused-ring (bicyclic) bond motifs is 4. The maximum absolute atomic E-state index is 11.1. The van der Waals surface area contributed by atoms with Gasteiger partial charge in [-0.1, -0.05) is 31.4 Å². The van der Waals surface area contributed by atoms with E-state index in [1.807, 2.05) is 12.1 Å². The monoisotopic (exact) mass is 327 g/mol. The molecular weight excluding hydrogens is 306 g/mol. The second-order valence-electron chi connectivity index (χ2n) is 5.52. The highest BCUT2D eigenvalue weighted by molar-refractivity contribution is 7.91. The van der Waals surface area contributed by atoms with E-state index < -0.39 is 16.0 Å². The SMILES string of the molecule is O=C(O)COC1CCCCC1.O=S1(=O)Cc2ccc(cc2)N1. The summed E-state index contributed by atoms with van der Waals surface area (Å²) in [6, 6.07) is 7.15. The number of carboxylic acid groups (broad SMARTS) is 1. The molecule has 2 N–H and O–H groups in total. The van der Waals surface area contributed by atoms with E-state index in [4.69, 9.17) is 9.84 Å². The van der Waals surface area contributed by atoms with Crippen molar-refractivity contribution in [1.29, 1.82) is 0 Å². The zero-order chi connectivity index (χ0) is 16.0. The topological polar surface area (TPSA) is 92.7 Å². The van der Waals surface area contributed by atoms with Crippen LogP contribution in [0.2, 0.25) is 0 Å². The molecule has 0 unspecified atom stereocenters. The molecule has 0 radical (unpaired) electrons. The molecule has 7 heteroatoms. The van der Waals surface area contributed by atoms with Crippen molar-refractivity contribution in [2.75, 3.05) is 11.3 Å². The van der Waals surface area contributed by atoms with Gasteiger partial charge in [-0.05, 0) is 30.5 Å². The third-order valence-electron chi connectivity index (χ3n) is 3.58. The van der Waals surface area contributed by atoms with Gasteiger partial charge in [0.2, 0.25) is 10.0 Å². The fraction of sp³-hybridized carbons (Fsp3) is 0.533. The molecule has 22 heavy (non-hydrogen) atoms. The Morgan fingerprint density at radius 3 is 2.41 bits per heavy atom. The fourth-order valence-electron chi connectivity index (χ4n) is 2.53. The lowest BCUT2D eigenvalue weighted by atomic mass is 9.98. The molecule has 1 aromatic rings. The lowest BCUT2D eigenvalue weighted by Gasteiger charge is -2.20. The summed E-state index contributed by atoms with van der Waals surface area (Å²) in [5.74, 6) is -0.778. The lowest BCUT2D eigenvalue weighted by Crippen LogP contribution is -2.20. The van der Waals surface area contributed by atoms with Crippen molar-refractivity contribution in [1.82, 2.24) is 0 Å². The van der Waals surface area contributed by atoms with Gasteiger partial charge in [0, 0.05) is 5.69 Å². The number of rotatable bonds is 3. The highest BCUT2D eigenvalue weighted by atomic mass is 32.2. The highest BCUT2D eigenvalue weighted by Gasteiger charge is 2.15. The third kappa shape index (κ3) is 5.65. The number of benzene rings is 1. The summed E-state index contributed by atoms with van der Waals surface area (Å²) in [7, 11) is -3.10. The number of hydrogen-bond donors (Lipinski definition) is 2. The Balaban J connectivity index is 0.000000160. The maximum Gasteiger partial charge on any atom is 0.329 e. The Morgan fingerprint density at radius 2 is 1.82 bits per heavy atom. The van der Waals surface area contributed by atoms with Gasteiger partial charge in [-0.15, -0.1) is 0 Å². The third-order valence-corrected chi connectivity index (χ3v) is 4.84. The van der Waals surface area contributed by atoms with Gasteiger partial charge in [0.05, 0.1) is 11.9 Å². The number of anilines is 1. The molecule has 2 aliphatic heterocycles. The molecule has 0 saturated heterocycles. The summed E-state index contributed by atoms with van der Waals surface area (Å²) in [5.41, 5.74) is 1.48. The predicted octanol–water partition coefficient (Wildman–Crippen LogP) is 2.36. The van der Waals surface area contributed by atoms with Crippen molar-refractivity contribution in [2.24, 2.45) is 0 Å². The molecular formula is C15H21NO5S. The summed E-state index contributed by atoms with van der Waals surface area (Å²) < 4.78 is 29.8. The first-order valence-corrected chi connectivity index (χ1v) is 9.03. The molecule has 0 aromatic heterocycles. The van der Waals surface area contributed by atoms with Crippen LogP contribution in [-0.4, -0.2) is 32.2 Å². The smallest absolute Gasteiger partial charge is 0.329 e. The van der Waals surface area contributed by atoms with Crippen LogP contribution in [0, 0.1) is 0 Å². The van der Waals surface area contributed by atoms with Crippen LogP contribution in [0.3, 0.4) is 0 Å². The second kappa shape index (κ2) is 7.60. The van der Waals surface area contributed by atoms with E-state index in [0.29, 0.717) is 5.69 Å². The van der Waals surface area contributed by atoms with E-state index in [0.717, 1.165) is 18.4 Å². The fourth-order valence-corrected chi connectivity index (χ4v) is 3.72. The molecule has 1 aromatic carbocycles. The van der Waals surface area contributed by atoms with E-state index >= 15 is 0 Å². The van der Waals surface area contributed by atoms with E-state index in [1.165, 1.54) is 19.3 Å². The van der Waals surface area contributed by atoms with Crippen LogP contribution in [0.25, 0.3) is 0 Å². The predicted molar refractivity (Wildman–Crippen MR) is 83.1 cm³/mol. The lowest BCUT2D eigenvalue weighted by molar-refractivity contribution is -0.144. The maximum atomic E-state index is 11.1. The van der Waals surface area contributed by atoms with Gasteiger partial charge in [-0.2, -0.15) is 0 Å². The Labute approximate surface area is 130 Å². The molecule has 0 amide bonds. The van der Waals surface area contributed by atoms with E-state index in [2.05, 4.69) is 4.72 Å². The second-order valence-corrected chi connectivity index (χ2v) is 7.25. The Hall–Kier alpha value is -1.60. The van der Waals surface area contributed by atoms with Crippen molar-refractivity contribution in [2.45, 2.75) is 44.0 Å². The minimum absolute atomic E-state index is 0.0868. The number of sulfonamides is 1. The van der Waals surface area contributed by atoms with Gasteiger partial charge in [-0.3, -0.25) is 4.72 Å². The quantitative estimate of drug-likeness (QED) is 0.889. The minimum atomic E-state index is -3.10. The van der Waals surface area contributed by atoms with Crippen LogP contribution in [-0.2, 0) is 25.3 Å². The van der Waals surface area contributed by atoms with Crippen LogP contribution in [0.4, 0.5) is 5.69 Å².